The molecule has 2 aromatic heterocycles. The lowest BCUT2D eigenvalue weighted by Crippen LogP contribution is -2.34. The number of aromatic nitrogens is 2. The van der Waals surface area contributed by atoms with Gasteiger partial charge in [0.2, 0.25) is 0 Å². The molecule has 1 aliphatic rings. The first-order valence-corrected chi connectivity index (χ1v) is 7.49. The zero-order valence-electron chi connectivity index (χ0n) is 11.9. The molecule has 0 atom stereocenters. The van der Waals surface area contributed by atoms with Gasteiger partial charge >= 0.3 is 0 Å². The fourth-order valence-electron chi connectivity index (χ4n) is 2.95. The van der Waals surface area contributed by atoms with E-state index in [0.29, 0.717) is 11.7 Å². The van der Waals surface area contributed by atoms with Gasteiger partial charge in [0, 0.05) is 18.4 Å². The fraction of sp³-hybridized carbons (Fsp3) is 0.500. The zero-order chi connectivity index (χ0) is 13.9. The van der Waals surface area contributed by atoms with Crippen LogP contribution in [-0.4, -0.2) is 21.3 Å². The van der Waals surface area contributed by atoms with Crippen molar-refractivity contribution in [1.82, 2.24) is 14.7 Å². The normalized spacial score (nSPS) is 17.1. The third-order valence-electron chi connectivity index (χ3n) is 4.10. The molecular formula is C16H21N3O. The first-order chi connectivity index (χ1) is 9.74. The summed E-state index contributed by atoms with van der Waals surface area (Å²) in [5, 5.41) is 3.14. The molecule has 20 heavy (non-hydrogen) atoms. The third-order valence-corrected chi connectivity index (χ3v) is 4.10. The number of hydrogen-bond acceptors (Lipinski definition) is 2. The average molecular weight is 271 g/mol. The van der Waals surface area contributed by atoms with Crippen molar-refractivity contribution in [3.63, 3.8) is 0 Å². The van der Waals surface area contributed by atoms with E-state index in [-0.39, 0.29) is 5.91 Å². The number of pyridine rings is 1. The molecule has 106 valence electrons. The Bertz CT molecular complexity index is 609. The lowest BCUT2D eigenvalue weighted by molar-refractivity contribution is 0.0929. The molecule has 1 fully saturated rings. The molecular weight excluding hydrogens is 250 g/mol. The summed E-state index contributed by atoms with van der Waals surface area (Å²) in [7, 11) is 0. The molecule has 2 heterocycles. The summed E-state index contributed by atoms with van der Waals surface area (Å²) in [6.07, 6.45) is 11.0. The van der Waals surface area contributed by atoms with Crippen molar-refractivity contribution in [3.05, 3.63) is 35.8 Å². The highest BCUT2D eigenvalue weighted by molar-refractivity contribution is 5.93. The Kier molecular flexibility index (Phi) is 3.72. The number of aryl methyl sites for hydroxylation is 1. The average Bonchev–Trinajstić information content (AvgIpc) is 2.72. The molecule has 4 nitrogen and oxygen atoms in total. The van der Waals surface area contributed by atoms with Crippen LogP contribution in [0.5, 0.6) is 0 Å². The largest absolute Gasteiger partial charge is 0.348 e. The van der Waals surface area contributed by atoms with Crippen molar-refractivity contribution in [2.45, 2.75) is 51.5 Å². The highest BCUT2D eigenvalue weighted by atomic mass is 16.2. The van der Waals surface area contributed by atoms with E-state index >= 15 is 0 Å². The summed E-state index contributed by atoms with van der Waals surface area (Å²) in [6.45, 7) is 2.01. The van der Waals surface area contributed by atoms with E-state index in [1.54, 1.807) is 0 Å². The quantitative estimate of drug-likeness (QED) is 0.853. The number of rotatable bonds is 2. The Labute approximate surface area is 119 Å². The molecule has 3 rings (SSSR count). The molecule has 0 unspecified atom stereocenters. The maximum Gasteiger partial charge on any atom is 0.271 e. The highest BCUT2D eigenvalue weighted by Gasteiger charge is 2.17. The standard InChI is InChI=1S/C16H21N3O/c1-12-7-6-10-19-11-14(18-15(12)19)16(20)17-13-8-4-2-3-5-9-13/h6-7,10-11,13H,2-5,8-9H2,1H3,(H,17,20). The molecule has 0 radical (unpaired) electrons. The van der Waals surface area contributed by atoms with Crippen molar-refractivity contribution in [2.75, 3.05) is 0 Å². The van der Waals surface area contributed by atoms with E-state index < -0.39 is 0 Å². The minimum absolute atomic E-state index is 0.0417. The van der Waals surface area contributed by atoms with Gasteiger partial charge in [-0.25, -0.2) is 4.98 Å². The molecule has 0 aliphatic heterocycles. The van der Waals surface area contributed by atoms with Crippen LogP contribution < -0.4 is 5.32 Å². The van der Waals surface area contributed by atoms with Crippen molar-refractivity contribution < 1.29 is 4.79 Å². The van der Waals surface area contributed by atoms with E-state index in [9.17, 15) is 4.79 Å². The first kappa shape index (κ1) is 13.2. The Morgan fingerprint density at radius 2 is 2.05 bits per heavy atom. The molecule has 0 saturated heterocycles. The van der Waals surface area contributed by atoms with Gasteiger partial charge in [0.15, 0.2) is 0 Å². The maximum absolute atomic E-state index is 12.3. The maximum atomic E-state index is 12.3. The van der Waals surface area contributed by atoms with Gasteiger partial charge < -0.3 is 9.72 Å². The van der Waals surface area contributed by atoms with Crippen molar-refractivity contribution in [2.24, 2.45) is 0 Å². The van der Waals surface area contributed by atoms with Crippen LogP contribution in [0.15, 0.2) is 24.5 Å². The van der Waals surface area contributed by atoms with Gasteiger partial charge in [-0.3, -0.25) is 4.79 Å². The molecule has 0 bridgehead atoms. The Morgan fingerprint density at radius 3 is 2.75 bits per heavy atom. The van der Waals surface area contributed by atoms with Crippen LogP contribution in [0, 0.1) is 6.92 Å². The number of imidazole rings is 1. The lowest BCUT2D eigenvalue weighted by atomic mass is 10.1. The smallest absolute Gasteiger partial charge is 0.271 e. The fourth-order valence-corrected chi connectivity index (χ4v) is 2.95. The van der Waals surface area contributed by atoms with E-state index in [2.05, 4.69) is 10.3 Å². The van der Waals surface area contributed by atoms with Gasteiger partial charge in [0.25, 0.3) is 5.91 Å². The molecule has 0 aromatic carbocycles. The lowest BCUT2D eigenvalue weighted by Gasteiger charge is -2.14. The number of hydrogen-bond donors (Lipinski definition) is 1. The van der Waals surface area contributed by atoms with Crippen molar-refractivity contribution in [1.29, 1.82) is 0 Å². The predicted molar refractivity (Wildman–Crippen MR) is 78.9 cm³/mol. The summed E-state index contributed by atoms with van der Waals surface area (Å²) < 4.78 is 1.91. The van der Waals surface area contributed by atoms with Gasteiger partial charge in [-0.05, 0) is 31.4 Å². The van der Waals surface area contributed by atoms with Gasteiger partial charge in [0.1, 0.15) is 11.3 Å². The summed E-state index contributed by atoms with van der Waals surface area (Å²) in [5.74, 6) is -0.0417. The van der Waals surface area contributed by atoms with Crippen molar-refractivity contribution in [3.8, 4) is 0 Å². The highest BCUT2D eigenvalue weighted by Crippen LogP contribution is 2.18. The number of nitrogens with zero attached hydrogens (tertiary/aromatic N) is 2. The Morgan fingerprint density at radius 1 is 1.30 bits per heavy atom. The predicted octanol–water partition coefficient (Wildman–Crippen LogP) is 3.10. The summed E-state index contributed by atoms with van der Waals surface area (Å²) in [4.78, 5) is 16.8. The number of nitrogens with one attached hydrogen (secondary N) is 1. The Balaban J connectivity index is 1.76. The van der Waals surface area contributed by atoms with Crippen LogP contribution in [0.2, 0.25) is 0 Å². The van der Waals surface area contributed by atoms with Gasteiger partial charge in [-0.2, -0.15) is 0 Å². The second-order valence-electron chi connectivity index (χ2n) is 5.71. The molecule has 1 saturated carbocycles. The van der Waals surface area contributed by atoms with Crippen molar-refractivity contribution >= 4 is 11.6 Å². The van der Waals surface area contributed by atoms with E-state index in [4.69, 9.17) is 0 Å². The number of carbonyl (C=O) groups is 1. The van der Waals surface area contributed by atoms with Gasteiger partial charge in [-0.1, -0.05) is 31.7 Å². The van der Waals surface area contributed by atoms with Crippen LogP contribution in [0.4, 0.5) is 0 Å². The van der Waals surface area contributed by atoms with E-state index in [0.717, 1.165) is 24.1 Å². The molecule has 1 aliphatic carbocycles. The van der Waals surface area contributed by atoms with Crippen LogP contribution >= 0.6 is 0 Å². The Hall–Kier alpha value is -1.84. The number of carbonyl (C=O) groups excluding carboxylic acids is 1. The molecule has 2 aromatic rings. The summed E-state index contributed by atoms with van der Waals surface area (Å²) in [6, 6.07) is 4.29. The molecule has 0 spiro atoms. The first-order valence-electron chi connectivity index (χ1n) is 7.49. The van der Waals surface area contributed by atoms with Crippen LogP contribution in [0.3, 0.4) is 0 Å². The number of fused-ring (bicyclic) bond motifs is 1. The van der Waals surface area contributed by atoms with Crippen LogP contribution in [0.25, 0.3) is 5.65 Å². The summed E-state index contributed by atoms with van der Waals surface area (Å²) >= 11 is 0. The third kappa shape index (κ3) is 2.69. The minimum Gasteiger partial charge on any atom is -0.348 e. The number of amides is 1. The molecule has 1 N–H and O–H groups in total. The van der Waals surface area contributed by atoms with Gasteiger partial charge in [-0.15, -0.1) is 0 Å². The van der Waals surface area contributed by atoms with Gasteiger partial charge in [0.05, 0.1) is 0 Å². The second kappa shape index (κ2) is 5.65. The summed E-state index contributed by atoms with van der Waals surface area (Å²) in [5.41, 5.74) is 2.46. The van der Waals surface area contributed by atoms with Crippen LogP contribution in [-0.2, 0) is 0 Å². The second-order valence-corrected chi connectivity index (χ2v) is 5.71. The minimum atomic E-state index is -0.0417. The molecule has 4 heteroatoms. The SMILES string of the molecule is Cc1cccn2cc(C(=O)NC3CCCCCC3)nc12. The van der Waals surface area contributed by atoms with Crippen LogP contribution in [0.1, 0.15) is 54.6 Å². The monoisotopic (exact) mass is 271 g/mol. The molecule has 1 amide bonds. The van der Waals surface area contributed by atoms with E-state index in [1.807, 2.05) is 35.9 Å². The topological polar surface area (TPSA) is 46.4 Å². The van der Waals surface area contributed by atoms with E-state index in [1.165, 1.54) is 25.7 Å². The zero-order valence-corrected chi connectivity index (χ0v) is 11.9.